The topological polar surface area (TPSA) is 33.1 Å². The van der Waals surface area contributed by atoms with Gasteiger partial charge in [-0.3, -0.25) is 4.90 Å². The molecule has 0 radical (unpaired) electrons. The Morgan fingerprint density at radius 3 is 2.52 bits per heavy atom. The SMILES string of the molecule is CNCC(c1nc(-c2ccccc2)n(C)c1Cl)N1CCCCC1. The van der Waals surface area contributed by atoms with E-state index in [0.29, 0.717) is 0 Å². The van der Waals surface area contributed by atoms with Crippen molar-refractivity contribution in [3.63, 3.8) is 0 Å². The molecule has 3 rings (SSSR count). The van der Waals surface area contributed by atoms with Crippen molar-refractivity contribution in [2.24, 2.45) is 7.05 Å². The molecule has 2 heterocycles. The van der Waals surface area contributed by atoms with Crippen LogP contribution in [-0.2, 0) is 7.05 Å². The second kappa shape index (κ2) is 7.47. The maximum atomic E-state index is 6.66. The summed E-state index contributed by atoms with van der Waals surface area (Å²) >= 11 is 6.66. The Morgan fingerprint density at radius 1 is 1.17 bits per heavy atom. The first-order chi connectivity index (χ1) is 11.2. The highest BCUT2D eigenvalue weighted by Crippen LogP contribution is 2.32. The van der Waals surface area contributed by atoms with E-state index in [0.717, 1.165) is 41.9 Å². The number of hydrogen-bond donors (Lipinski definition) is 1. The monoisotopic (exact) mass is 332 g/mol. The van der Waals surface area contributed by atoms with Gasteiger partial charge >= 0.3 is 0 Å². The summed E-state index contributed by atoms with van der Waals surface area (Å²) in [6.45, 7) is 3.12. The molecule has 1 fully saturated rings. The van der Waals surface area contributed by atoms with E-state index in [9.17, 15) is 0 Å². The lowest BCUT2D eigenvalue weighted by atomic mass is 10.1. The molecule has 1 unspecified atom stereocenters. The molecule has 0 spiro atoms. The van der Waals surface area contributed by atoms with Gasteiger partial charge < -0.3 is 9.88 Å². The van der Waals surface area contributed by atoms with Gasteiger partial charge in [0.15, 0.2) is 0 Å². The fourth-order valence-corrected chi connectivity index (χ4v) is 3.63. The van der Waals surface area contributed by atoms with Crippen molar-refractivity contribution in [3.05, 3.63) is 41.2 Å². The molecule has 1 saturated heterocycles. The Bertz CT molecular complexity index is 632. The molecule has 1 atom stereocenters. The number of aromatic nitrogens is 2. The van der Waals surface area contributed by atoms with Crippen LogP contribution in [-0.4, -0.2) is 41.1 Å². The smallest absolute Gasteiger partial charge is 0.141 e. The lowest BCUT2D eigenvalue weighted by Crippen LogP contribution is -2.38. The lowest BCUT2D eigenvalue weighted by Gasteiger charge is -2.33. The number of piperidine rings is 1. The maximum absolute atomic E-state index is 6.66. The number of nitrogens with zero attached hydrogens (tertiary/aromatic N) is 3. The number of rotatable bonds is 5. The van der Waals surface area contributed by atoms with Crippen LogP contribution in [0.5, 0.6) is 0 Å². The first-order valence-corrected chi connectivity index (χ1v) is 8.76. The summed E-state index contributed by atoms with van der Waals surface area (Å²) in [5, 5.41) is 4.05. The number of imidazole rings is 1. The average molecular weight is 333 g/mol. The maximum Gasteiger partial charge on any atom is 0.141 e. The summed E-state index contributed by atoms with van der Waals surface area (Å²) in [5.41, 5.74) is 2.09. The molecule has 5 heteroatoms. The first-order valence-electron chi connectivity index (χ1n) is 8.38. The predicted octanol–water partition coefficient (Wildman–Crippen LogP) is 3.49. The van der Waals surface area contributed by atoms with Crippen molar-refractivity contribution in [3.8, 4) is 11.4 Å². The van der Waals surface area contributed by atoms with Gasteiger partial charge in [-0.1, -0.05) is 48.4 Å². The van der Waals surface area contributed by atoms with Crippen molar-refractivity contribution in [1.29, 1.82) is 0 Å². The molecule has 0 amide bonds. The second-order valence-corrected chi connectivity index (χ2v) is 6.56. The van der Waals surface area contributed by atoms with E-state index >= 15 is 0 Å². The van der Waals surface area contributed by atoms with Gasteiger partial charge in [-0.25, -0.2) is 4.98 Å². The highest BCUT2D eigenvalue weighted by molar-refractivity contribution is 6.30. The quantitative estimate of drug-likeness (QED) is 0.910. The molecule has 4 nitrogen and oxygen atoms in total. The van der Waals surface area contributed by atoms with Gasteiger partial charge in [0.2, 0.25) is 0 Å². The molecule has 0 aliphatic carbocycles. The number of halogens is 1. The van der Waals surface area contributed by atoms with Gasteiger partial charge in [0, 0.05) is 19.2 Å². The van der Waals surface area contributed by atoms with Crippen molar-refractivity contribution in [2.75, 3.05) is 26.7 Å². The van der Waals surface area contributed by atoms with Gasteiger partial charge in [-0.05, 0) is 33.0 Å². The Kier molecular flexibility index (Phi) is 5.36. The van der Waals surface area contributed by atoms with Gasteiger partial charge in [0.1, 0.15) is 11.0 Å². The van der Waals surface area contributed by atoms with Crippen LogP contribution < -0.4 is 5.32 Å². The molecule has 1 aromatic heterocycles. The van der Waals surface area contributed by atoms with Crippen molar-refractivity contribution in [1.82, 2.24) is 19.8 Å². The van der Waals surface area contributed by atoms with E-state index in [4.69, 9.17) is 16.6 Å². The summed E-state index contributed by atoms with van der Waals surface area (Å²) in [4.78, 5) is 7.44. The number of benzene rings is 1. The van der Waals surface area contributed by atoms with Crippen LogP contribution in [0.2, 0.25) is 5.15 Å². The Hall–Kier alpha value is -1.36. The molecular formula is C18H25ClN4. The van der Waals surface area contributed by atoms with Crippen molar-refractivity contribution < 1.29 is 0 Å². The van der Waals surface area contributed by atoms with E-state index < -0.39 is 0 Å². The second-order valence-electron chi connectivity index (χ2n) is 6.21. The largest absolute Gasteiger partial charge is 0.318 e. The number of likely N-dealkylation sites (N-methyl/N-ethyl adjacent to an activating group) is 1. The van der Waals surface area contributed by atoms with E-state index in [2.05, 4.69) is 22.3 Å². The number of likely N-dealkylation sites (tertiary alicyclic amines) is 1. The van der Waals surface area contributed by atoms with Crippen LogP contribution in [0, 0.1) is 0 Å². The minimum Gasteiger partial charge on any atom is -0.318 e. The van der Waals surface area contributed by atoms with E-state index in [1.54, 1.807) is 0 Å². The molecule has 2 aromatic rings. The summed E-state index contributed by atoms with van der Waals surface area (Å²) < 4.78 is 2.00. The standard InChI is InChI=1S/C18H25ClN4/c1-20-13-15(23-11-7-4-8-12-23)16-17(19)22(2)18(21-16)14-9-5-3-6-10-14/h3,5-6,9-10,15,20H,4,7-8,11-13H2,1-2H3. The van der Waals surface area contributed by atoms with Gasteiger partial charge in [0.25, 0.3) is 0 Å². The third-order valence-corrected chi connectivity index (χ3v) is 5.07. The van der Waals surface area contributed by atoms with Crippen molar-refractivity contribution in [2.45, 2.75) is 25.3 Å². The van der Waals surface area contributed by atoms with Crippen LogP contribution in [0.4, 0.5) is 0 Å². The van der Waals surface area contributed by atoms with E-state index in [-0.39, 0.29) is 6.04 Å². The summed E-state index contributed by atoms with van der Waals surface area (Å²) in [6, 6.07) is 10.5. The highest BCUT2D eigenvalue weighted by atomic mass is 35.5. The zero-order valence-corrected chi connectivity index (χ0v) is 14.7. The molecule has 0 bridgehead atoms. The average Bonchev–Trinajstić information content (AvgIpc) is 2.90. The van der Waals surface area contributed by atoms with Crippen LogP contribution >= 0.6 is 11.6 Å². The minimum atomic E-state index is 0.233. The van der Waals surface area contributed by atoms with Gasteiger partial charge in [-0.2, -0.15) is 0 Å². The molecule has 1 aliphatic rings. The number of hydrogen-bond acceptors (Lipinski definition) is 3. The van der Waals surface area contributed by atoms with Crippen LogP contribution in [0.3, 0.4) is 0 Å². The minimum absolute atomic E-state index is 0.233. The first kappa shape index (κ1) is 16.5. The molecular weight excluding hydrogens is 308 g/mol. The third-order valence-electron chi connectivity index (χ3n) is 4.63. The lowest BCUT2D eigenvalue weighted by molar-refractivity contribution is 0.159. The Balaban J connectivity index is 1.96. The molecule has 1 aliphatic heterocycles. The van der Waals surface area contributed by atoms with Crippen LogP contribution in [0.1, 0.15) is 31.0 Å². The van der Waals surface area contributed by atoms with Crippen LogP contribution in [0.15, 0.2) is 30.3 Å². The molecule has 124 valence electrons. The molecule has 23 heavy (non-hydrogen) atoms. The van der Waals surface area contributed by atoms with E-state index in [1.165, 1.54) is 19.3 Å². The fraction of sp³-hybridized carbons (Fsp3) is 0.500. The van der Waals surface area contributed by atoms with E-state index in [1.807, 2.05) is 36.9 Å². The Labute approximate surface area is 143 Å². The van der Waals surface area contributed by atoms with Gasteiger partial charge in [-0.15, -0.1) is 0 Å². The normalized spacial score (nSPS) is 17.3. The highest BCUT2D eigenvalue weighted by Gasteiger charge is 2.28. The van der Waals surface area contributed by atoms with Gasteiger partial charge in [0.05, 0.1) is 11.7 Å². The fourth-order valence-electron chi connectivity index (χ4n) is 3.38. The number of nitrogens with one attached hydrogen (secondary N) is 1. The summed E-state index contributed by atoms with van der Waals surface area (Å²) in [5.74, 6) is 0.934. The Morgan fingerprint density at radius 2 is 1.87 bits per heavy atom. The van der Waals surface area contributed by atoms with Crippen molar-refractivity contribution >= 4 is 11.6 Å². The molecule has 1 N–H and O–H groups in total. The summed E-state index contributed by atoms with van der Waals surface area (Å²) in [6.07, 6.45) is 3.85. The third kappa shape index (κ3) is 3.44. The van der Waals surface area contributed by atoms with Crippen LogP contribution in [0.25, 0.3) is 11.4 Å². The summed E-state index contributed by atoms with van der Waals surface area (Å²) in [7, 11) is 3.99. The zero-order chi connectivity index (χ0) is 16.2. The zero-order valence-electron chi connectivity index (χ0n) is 13.9. The molecule has 1 aromatic carbocycles. The predicted molar refractivity (Wildman–Crippen MR) is 95.7 cm³/mol. The molecule has 0 saturated carbocycles.